The van der Waals surface area contributed by atoms with E-state index in [4.69, 9.17) is 4.55 Å². The SMILES string of the molecule is O=C(OC(CS(=O)(=O)O)C(F)(F)F)c1ccc(F)cc1Br. The van der Waals surface area contributed by atoms with E-state index in [1.54, 1.807) is 0 Å². The Bertz CT molecular complexity index is 643. The predicted molar refractivity (Wildman–Crippen MR) is 65.8 cm³/mol. The first-order valence-corrected chi connectivity index (χ1v) is 7.48. The zero-order chi connectivity index (χ0) is 16.4. The second kappa shape index (κ2) is 6.28. The van der Waals surface area contributed by atoms with Crippen LogP contribution in [0.25, 0.3) is 0 Å². The number of carbonyl (C=O) groups is 1. The lowest BCUT2D eigenvalue weighted by molar-refractivity contribution is -0.197. The summed E-state index contributed by atoms with van der Waals surface area (Å²) < 4.78 is 83.9. The Labute approximate surface area is 124 Å². The summed E-state index contributed by atoms with van der Waals surface area (Å²) in [6, 6.07) is 2.50. The Hall–Kier alpha value is -1.20. The number of esters is 1. The van der Waals surface area contributed by atoms with Crippen LogP contribution in [0.2, 0.25) is 0 Å². The minimum atomic E-state index is -5.20. The zero-order valence-electron chi connectivity index (χ0n) is 9.89. The second-order valence-corrected chi connectivity index (χ2v) is 6.16. The third-order valence-electron chi connectivity index (χ3n) is 2.13. The highest BCUT2D eigenvalue weighted by Gasteiger charge is 2.45. The molecular weight excluding hydrogens is 388 g/mol. The number of carbonyl (C=O) groups excluding carboxylic acids is 1. The van der Waals surface area contributed by atoms with E-state index in [1.807, 2.05) is 0 Å². The lowest BCUT2D eigenvalue weighted by Gasteiger charge is -2.19. The molecule has 0 fully saturated rings. The van der Waals surface area contributed by atoms with Crippen LogP contribution in [0.4, 0.5) is 17.6 Å². The topological polar surface area (TPSA) is 80.7 Å². The molecule has 5 nitrogen and oxygen atoms in total. The molecule has 0 aliphatic carbocycles. The van der Waals surface area contributed by atoms with Gasteiger partial charge in [-0.2, -0.15) is 21.6 Å². The fraction of sp³-hybridized carbons (Fsp3) is 0.300. The highest BCUT2D eigenvalue weighted by atomic mass is 79.9. The van der Waals surface area contributed by atoms with Crippen molar-refractivity contribution in [3.8, 4) is 0 Å². The van der Waals surface area contributed by atoms with E-state index in [-0.39, 0.29) is 4.47 Å². The number of hydrogen-bond acceptors (Lipinski definition) is 4. The summed E-state index contributed by atoms with van der Waals surface area (Å²) in [5, 5.41) is 0. The Kier molecular flexibility index (Phi) is 5.34. The van der Waals surface area contributed by atoms with Crippen molar-refractivity contribution >= 4 is 32.0 Å². The molecule has 21 heavy (non-hydrogen) atoms. The van der Waals surface area contributed by atoms with Crippen LogP contribution >= 0.6 is 15.9 Å². The summed E-state index contributed by atoms with van der Waals surface area (Å²) in [7, 11) is -5.02. The van der Waals surface area contributed by atoms with E-state index in [2.05, 4.69) is 20.7 Å². The summed E-state index contributed by atoms with van der Waals surface area (Å²) in [6.45, 7) is 0. The second-order valence-electron chi connectivity index (χ2n) is 3.81. The van der Waals surface area contributed by atoms with E-state index in [0.717, 1.165) is 18.2 Å². The molecule has 0 aliphatic rings. The molecule has 0 spiro atoms. The summed E-state index contributed by atoms with van der Waals surface area (Å²) >= 11 is 2.76. The number of alkyl halides is 3. The average molecular weight is 395 g/mol. The first-order valence-electron chi connectivity index (χ1n) is 5.08. The number of benzene rings is 1. The van der Waals surface area contributed by atoms with E-state index < -0.39 is 45.5 Å². The number of hydrogen-bond donors (Lipinski definition) is 1. The number of rotatable bonds is 4. The van der Waals surface area contributed by atoms with Crippen molar-refractivity contribution in [1.82, 2.24) is 0 Å². The molecule has 11 heteroatoms. The fourth-order valence-corrected chi connectivity index (χ4v) is 2.39. The van der Waals surface area contributed by atoms with Gasteiger partial charge in [0.15, 0.2) is 0 Å². The van der Waals surface area contributed by atoms with Crippen LogP contribution in [-0.4, -0.2) is 37.0 Å². The molecule has 1 rings (SSSR count). The highest BCUT2D eigenvalue weighted by Crippen LogP contribution is 2.26. The van der Waals surface area contributed by atoms with Crippen molar-refractivity contribution in [2.75, 3.05) is 5.75 Å². The van der Waals surface area contributed by atoms with Gasteiger partial charge in [0.25, 0.3) is 10.1 Å². The van der Waals surface area contributed by atoms with Crippen LogP contribution in [0.1, 0.15) is 10.4 Å². The lowest BCUT2D eigenvalue weighted by atomic mass is 10.2. The third-order valence-corrected chi connectivity index (χ3v) is 3.51. The van der Waals surface area contributed by atoms with Crippen molar-refractivity contribution in [1.29, 1.82) is 0 Å². The molecule has 0 aliphatic heterocycles. The lowest BCUT2D eigenvalue weighted by Crippen LogP contribution is -2.39. The first kappa shape index (κ1) is 17.9. The molecule has 0 amide bonds. The fourth-order valence-electron chi connectivity index (χ4n) is 1.23. The molecule has 1 atom stereocenters. The Morgan fingerprint density at radius 3 is 2.38 bits per heavy atom. The summed E-state index contributed by atoms with van der Waals surface area (Å²) in [6.07, 6.45) is -8.24. The smallest absolute Gasteiger partial charge is 0.426 e. The maximum Gasteiger partial charge on any atom is 0.426 e. The zero-order valence-corrected chi connectivity index (χ0v) is 12.3. The molecular formula is C10H7BrF4O5S. The van der Waals surface area contributed by atoms with Crippen LogP contribution in [0.15, 0.2) is 22.7 Å². The van der Waals surface area contributed by atoms with E-state index in [9.17, 15) is 30.8 Å². The summed E-state index contributed by atoms with van der Waals surface area (Å²) in [5.41, 5.74) is -0.430. The van der Waals surface area contributed by atoms with Gasteiger partial charge in [-0.1, -0.05) is 0 Å². The molecule has 0 heterocycles. The first-order chi connectivity index (χ1) is 9.40. The van der Waals surface area contributed by atoms with Crippen LogP contribution in [0, 0.1) is 5.82 Å². The average Bonchev–Trinajstić information content (AvgIpc) is 2.24. The highest BCUT2D eigenvalue weighted by molar-refractivity contribution is 9.10. The van der Waals surface area contributed by atoms with Gasteiger partial charge in [0.1, 0.15) is 11.6 Å². The van der Waals surface area contributed by atoms with Gasteiger partial charge < -0.3 is 4.74 Å². The molecule has 118 valence electrons. The predicted octanol–water partition coefficient (Wildman–Crippen LogP) is 2.56. The van der Waals surface area contributed by atoms with Crippen molar-refractivity contribution in [3.05, 3.63) is 34.1 Å². The summed E-state index contributed by atoms with van der Waals surface area (Å²) in [5.74, 6) is -4.10. The molecule has 1 aromatic rings. The van der Waals surface area contributed by atoms with Gasteiger partial charge in [0, 0.05) is 4.47 Å². The minimum absolute atomic E-state index is 0.166. The normalized spacial score (nSPS) is 13.8. The van der Waals surface area contributed by atoms with Gasteiger partial charge in [0.05, 0.1) is 5.56 Å². The standard InChI is InChI=1S/C10H7BrF4O5S/c11-7-3-5(12)1-2-6(7)9(16)20-8(10(13,14)15)4-21(17,18)19/h1-3,8H,4H2,(H,17,18,19). The molecule has 0 aromatic heterocycles. The Morgan fingerprint density at radius 1 is 1.38 bits per heavy atom. The monoisotopic (exact) mass is 394 g/mol. The third kappa shape index (κ3) is 5.59. The van der Waals surface area contributed by atoms with E-state index >= 15 is 0 Å². The maximum atomic E-state index is 12.8. The minimum Gasteiger partial charge on any atom is -0.448 e. The van der Waals surface area contributed by atoms with Crippen molar-refractivity contribution < 1.29 is 40.1 Å². The molecule has 0 bridgehead atoms. The van der Waals surface area contributed by atoms with Gasteiger partial charge in [0.2, 0.25) is 6.10 Å². The van der Waals surface area contributed by atoms with Crippen LogP contribution in [-0.2, 0) is 14.9 Å². The van der Waals surface area contributed by atoms with Crippen LogP contribution < -0.4 is 0 Å². The maximum absolute atomic E-state index is 12.8. The molecule has 1 N–H and O–H groups in total. The number of ether oxygens (including phenoxy) is 1. The quantitative estimate of drug-likeness (QED) is 0.482. The molecule has 1 unspecified atom stereocenters. The van der Waals surface area contributed by atoms with Gasteiger partial charge in [-0.05, 0) is 34.1 Å². The van der Waals surface area contributed by atoms with Crippen LogP contribution in [0.3, 0.4) is 0 Å². The summed E-state index contributed by atoms with van der Waals surface area (Å²) in [4.78, 5) is 11.6. The molecule has 0 saturated carbocycles. The van der Waals surface area contributed by atoms with Crippen molar-refractivity contribution in [2.24, 2.45) is 0 Å². The molecule has 0 radical (unpaired) electrons. The van der Waals surface area contributed by atoms with Crippen molar-refractivity contribution in [3.63, 3.8) is 0 Å². The Balaban J connectivity index is 3.01. The molecule has 1 aromatic carbocycles. The molecule has 0 saturated heterocycles. The van der Waals surface area contributed by atoms with Gasteiger partial charge >= 0.3 is 12.1 Å². The van der Waals surface area contributed by atoms with Gasteiger partial charge in [-0.25, -0.2) is 9.18 Å². The number of halogens is 5. The van der Waals surface area contributed by atoms with Gasteiger partial charge in [-0.3, -0.25) is 4.55 Å². The van der Waals surface area contributed by atoms with E-state index in [1.165, 1.54) is 0 Å². The van der Waals surface area contributed by atoms with Crippen molar-refractivity contribution in [2.45, 2.75) is 12.3 Å². The van der Waals surface area contributed by atoms with E-state index in [0.29, 0.717) is 0 Å². The largest absolute Gasteiger partial charge is 0.448 e. The Morgan fingerprint density at radius 2 is 1.95 bits per heavy atom. The van der Waals surface area contributed by atoms with Crippen LogP contribution in [0.5, 0.6) is 0 Å². The van der Waals surface area contributed by atoms with Gasteiger partial charge in [-0.15, -0.1) is 0 Å².